The van der Waals surface area contributed by atoms with Gasteiger partial charge >= 0.3 is 0 Å². The molecule has 0 aliphatic heterocycles. The van der Waals surface area contributed by atoms with Crippen LogP contribution in [0.3, 0.4) is 0 Å². The fourth-order valence-electron chi connectivity index (χ4n) is 1.98. The maximum absolute atomic E-state index is 12.0. The molecule has 96 valence electrons. The number of fused-ring (bicyclic) bond motifs is 1. The Morgan fingerprint density at radius 3 is 2.60 bits per heavy atom. The van der Waals surface area contributed by atoms with Gasteiger partial charge in [-0.3, -0.25) is 4.79 Å². The molecule has 0 spiro atoms. The van der Waals surface area contributed by atoms with E-state index >= 15 is 0 Å². The van der Waals surface area contributed by atoms with Crippen LogP contribution >= 0.6 is 0 Å². The third kappa shape index (κ3) is 2.06. The predicted molar refractivity (Wildman–Crippen MR) is 75.2 cm³/mol. The Balaban J connectivity index is 2.21. The Bertz CT molecular complexity index is 887. The Morgan fingerprint density at radius 2 is 1.90 bits per heavy atom. The van der Waals surface area contributed by atoms with Crippen molar-refractivity contribution in [1.82, 2.24) is 4.98 Å². The van der Waals surface area contributed by atoms with Crippen molar-refractivity contribution in [3.05, 3.63) is 63.9 Å². The molecule has 0 amide bonds. The zero-order valence-corrected chi connectivity index (χ0v) is 10.8. The van der Waals surface area contributed by atoms with Crippen LogP contribution in [0.5, 0.6) is 0 Å². The Hall–Kier alpha value is -2.93. The third-order valence-corrected chi connectivity index (χ3v) is 3.04. The monoisotopic (exact) mass is 262 g/mol. The minimum absolute atomic E-state index is 0.262. The number of nitriles is 1. The average Bonchev–Trinajstić information content (AvgIpc) is 2.46. The van der Waals surface area contributed by atoms with E-state index in [-0.39, 0.29) is 11.4 Å². The standard InChI is InChI=1S/C16H10N2O2/c1-10-2-7-13-14(8-10)20-16(18-15(13)19)12-5-3-11(9-17)4-6-12/h2-8H,1H3. The lowest BCUT2D eigenvalue weighted by atomic mass is 10.1. The van der Waals surface area contributed by atoms with E-state index in [2.05, 4.69) is 4.98 Å². The molecule has 0 N–H and O–H groups in total. The molecule has 1 heterocycles. The first kappa shape index (κ1) is 12.1. The van der Waals surface area contributed by atoms with E-state index in [4.69, 9.17) is 9.68 Å². The number of aryl methyl sites for hydroxylation is 1. The van der Waals surface area contributed by atoms with Crippen molar-refractivity contribution in [2.45, 2.75) is 6.92 Å². The minimum atomic E-state index is -0.314. The lowest BCUT2D eigenvalue weighted by molar-refractivity contribution is 0.595. The molecule has 3 aromatic rings. The second-order valence-corrected chi connectivity index (χ2v) is 4.51. The highest BCUT2D eigenvalue weighted by atomic mass is 16.3. The molecular formula is C16H10N2O2. The summed E-state index contributed by atoms with van der Waals surface area (Å²) in [5, 5.41) is 9.24. The molecule has 3 rings (SSSR count). The normalized spacial score (nSPS) is 10.4. The minimum Gasteiger partial charge on any atom is -0.437 e. The van der Waals surface area contributed by atoms with Crippen LogP contribution in [-0.2, 0) is 0 Å². The zero-order valence-electron chi connectivity index (χ0n) is 10.8. The van der Waals surface area contributed by atoms with Crippen LogP contribution in [0.4, 0.5) is 0 Å². The summed E-state index contributed by atoms with van der Waals surface area (Å²) in [7, 11) is 0. The van der Waals surface area contributed by atoms with Crippen LogP contribution in [0, 0.1) is 18.3 Å². The predicted octanol–water partition coefficient (Wildman–Crippen LogP) is 3.04. The Kier molecular flexibility index (Phi) is 2.81. The summed E-state index contributed by atoms with van der Waals surface area (Å²) in [6.45, 7) is 1.93. The molecule has 0 saturated carbocycles. The summed E-state index contributed by atoms with van der Waals surface area (Å²) in [6.07, 6.45) is 0. The number of rotatable bonds is 1. The summed E-state index contributed by atoms with van der Waals surface area (Å²) in [4.78, 5) is 15.9. The molecular weight excluding hydrogens is 252 g/mol. The summed E-state index contributed by atoms with van der Waals surface area (Å²) in [5.41, 5.74) is 2.44. The number of hydrogen-bond acceptors (Lipinski definition) is 4. The third-order valence-electron chi connectivity index (χ3n) is 3.04. The van der Waals surface area contributed by atoms with Crippen molar-refractivity contribution >= 4 is 11.0 Å². The van der Waals surface area contributed by atoms with Gasteiger partial charge in [0.2, 0.25) is 5.89 Å². The molecule has 0 radical (unpaired) electrons. The number of nitrogens with zero attached hydrogens (tertiary/aromatic N) is 2. The van der Waals surface area contributed by atoms with Crippen molar-refractivity contribution in [2.24, 2.45) is 0 Å². The van der Waals surface area contributed by atoms with Gasteiger partial charge in [-0.05, 0) is 48.9 Å². The highest BCUT2D eigenvalue weighted by molar-refractivity contribution is 5.77. The van der Waals surface area contributed by atoms with Crippen molar-refractivity contribution < 1.29 is 4.42 Å². The average molecular weight is 262 g/mol. The van der Waals surface area contributed by atoms with E-state index in [1.54, 1.807) is 30.3 Å². The summed E-state index contributed by atoms with van der Waals surface area (Å²) in [6, 6.07) is 14.2. The van der Waals surface area contributed by atoms with Gasteiger partial charge in [-0.1, -0.05) is 6.07 Å². The molecule has 0 saturated heterocycles. The summed E-state index contributed by atoms with van der Waals surface area (Å²) < 4.78 is 5.69. The van der Waals surface area contributed by atoms with E-state index in [9.17, 15) is 4.79 Å². The quantitative estimate of drug-likeness (QED) is 0.676. The molecule has 0 unspecified atom stereocenters. The van der Waals surface area contributed by atoms with E-state index in [0.29, 0.717) is 22.1 Å². The molecule has 4 nitrogen and oxygen atoms in total. The van der Waals surface area contributed by atoms with Crippen LogP contribution in [-0.4, -0.2) is 4.98 Å². The Morgan fingerprint density at radius 1 is 1.15 bits per heavy atom. The summed E-state index contributed by atoms with van der Waals surface area (Å²) in [5.74, 6) is 0.262. The van der Waals surface area contributed by atoms with Gasteiger partial charge < -0.3 is 4.42 Å². The van der Waals surface area contributed by atoms with E-state index < -0.39 is 0 Å². The number of aromatic nitrogens is 1. The maximum atomic E-state index is 12.0. The first-order valence-electron chi connectivity index (χ1n) is 6.09. The van der Waals surface area contributed by atoms with Gasteiger partial charge in [0.25, 0.3) is 5.56 Å². The molecule has 2 aromatic carbocycles. The first-order chi connectivity index (χ1) is 9.67. The van der Waals surface area contributed by atoms with E-state index in [1.807, 2.05) is 25.1 Å². The fourth-order valence-corrected chi connectivity index (χ4v) is 1.98. The molecule has 0 aliphatic carbocycles. The van der Waals surface area contributed by atoms with Gasteiger partial charge in [-0.25, -0.2) is 0 Å². The smallest absolute Gasteiger partial charge is 0.284 e. The molecule has 0 bridgehead atoms. The van der Waals surface area contributed by atoms with Gasteiger partial charge in [-0.15, -0.1) is 0 Å². The van der Waals surface area contributed by atoms with Gasteiger partial charge in [0, 0.05) is 5.56 Å². The number of benzene rings is 2. The zero-order chi connectivity index (χ0) is 14.1. The van der Waals surface area contributed by atoms with Crippen molar-refractivity contribution in [1.29, 1.82) is 5.26 Å². The van der Waals surface area contributed by atoms with Gasteiger partial charge in [0.15, 0.2) is 0 Å². The molecule has 0 fully saturated rings. The lowest BCUT2D eigenvalue weighted by Gasteiger charge is -2.02. The summed E-state index contributed by atoms with van der Waals surface area (Å²) >= 11 is 0. The van der Waals surface area contributed by atoms with Gasteiger partial charge in [-0.2, -0.15) is 10.2 Å². The van der Waals surface area contributed by atoms with Crippen LogP contribution in [0.25, 0.3) is 22.4 Å². The van der Waals surface area contributed by atoms with E-state index in [1.165, 1.54) is 0 Å². The van der Waals surface area contributed by atoms with Gasteiger partial charge in [0.1, 0.15) is 5.58 Å². The lowest BCUT2D eigenvalue weighted by Crippen LogP contribution is -2.07. The van der Waals surface area contributed by atoms with Crippen molar-refractivity contribution in [2.75, 3.05) is 0 Å². The number of hydrogen-bond donors (Lipinski definition) is 0. The van der Waals surface area contributed by atoms with Crippen LogP contribution in [0.1, 0.15) is 11.1 Å². The van der Waals surface area contributed by atoms with Crippen LogP contribution in [0.15, 0.2) is 51.7 Å². The largest absolute Gasteiger partial charge is 0.437 e. The molecule has 0 atom stereocenters. The Labute approximate surface area is 114 Å². The van der Waals surface area contributed by atoms with Crippen LogP contribution in [0.2, 0.25) is 0 Å². The van der Waals surface area contributed by atoms with Crippen molar-refractivity contribution in [3.63, 3.8) is 0 Å². The van der Waals surface area contributed by atoms with E-state index in [0.717, 1.165) is 5.56 Å². The molecule has 1 aromatic heterocycles. The topological polar surface area (TPSA) is 66.9 Å². The maximum Gasteiger partial charge on any atom is 0.284 e. The SMILES string of the molecule is Cc1ccc2c(=O)nc(-c3ccc(C#N)cc3)oc2c1. The first-order valence-corrected chi connectivity index (χ1v) is 6.09. The molecule has 0 aliphatic rings. The molecule has 4 heteroatoms. The highest BCUT2D eigenvalue weighted by Crippen LogP contribution is 2.21. The second-order valence-electron chi connectivity index (χ2n) is 4.51. The molecule has 20 heavy (non-hydrogen) atoms. The second kappa shape index (κ2) is 4.63. The fraction of sp³-hybridized carbons (Fsp3) is 0.0625. The van der Waals surface area contributed by atoms with Gasteiger partial charge in [0.05, 0.1) is 17.0 Å². The van der Waals surface area contributed by atoms with Crippen LogP contribution < -0.4 is 5.56 Å². The highest BCUT2D eigenvalue weighted by Gasteiger charge is 2.08. The van der Waals surface area contributed by atoms with Crippen molar-refractivity contribution in [3.8, 4) is 17.5 Å².